The van der Waals surface area contributed by atoms with Crippen LogP contribution in [0.3, 0.4) is 0 Å². The van der Waals surface area contributed by atoms with Crippen LogP contribution in [0.5, 0.6) is 0 Å². The fourth-order valence-electron chi connectivity index (χ4n) is 2.52. The van der Waals surface area contributed by atoms with E-state index in [9.17, 15) is 9.59 Å². The molecule has 0 aliphatic rings. The van der Waals surface area contributed by atoms with Crippen LogP contribution < -0.4 is 0 Å². The van der Waals surface area contributed by atoms with Crippen molar-refractivity contribution >= 4 is 17.8 Å². The van der Waals surface area contributed by atoms with Gasteiger partial charge in [0, 0.05) is 6.42 Å². The molecule has 0 aliphatic carbocycles. The van der Waals surface area contributed by atoms with E-state index in [0.717, 1.165) is 44.9 Å². The molecule has 0 radical (unpaired) electrons. The summed E-state index contributed by atoms with van der Waals surface area (Å²) >= 11 is 0. The number of rotatable bonds is 15. The zero-order chi connectivity index (χ0) is 18.9. The number of nitrogens with one attached hydrogen (secondary N) is 1. The maximum Gasteiger partial charge on any atom is 0.315 e. The molecule has 1 N–H and O–H groups in total. The van der Waals surface area contributed by atoms with Crippen molar-refractivity contribution in [2.45, 2.75) is 78.6 Å². The highest BCUT2D eigenvalue weighted by Crippen LogP contribution is 2.16. The second-order valence-corrected chi connectivity index (χ2v) is 6.26. The van der Waals surface area contributed by atoms with E-state index in [4.69, 9.17) is 19.6 Å². The van der Waals surface area contributed by atoms with Gasteiger partial charge >= 0.3 is 11.9 Å². The third kappa shape index (κ3) is 15.7. The molecule has 0 aromatic rings. The first-order valence-electron chi connectivity index (χ1n) is 9.51. The first kappa shape index (κ1) is 23.4. The van der Waals surface area contributed by atoms with Gasteiger partial charge in [0.05, 0.1) is 19.8 Å². The summed E-state index contributed by atoms with van der Waals surface area (Å²) in [4.78, 5) is 22.7. The standard InChI is InChI=1S/C19H35NO5/c1-4-23-17(20)15-19(22)25-14-10-12-16(3)11-8-6-7-9-13-18(21)24-5-2/h16,20H,4-15H2,1-3H3. The summed E-state index contributed by atoms with van der Waals surface area (Å²) in [7, 11) is 0. The predicted molar refractivity (Wildman–Crippen MR) is 97.7 cm³/mol. The molecule has 1 unspecified atom stereocenters. The number of hydrogen-bond acceptors (Lipinski definition) is 6. The van der Waals surface area contributed by atoms with Crippen LogP contribution in [-0.4, -0.2) is 37.7 Å². The van der Waals surface area contributed by atoms with Gasteiger partial charge in [-0.2, -0.15) is 0 Å². The molecule has 0 saturated heterocycles. The molecule has 0 aromatic carbocycles. The first-order valence-corrected chi connectivity index (χ1v) is 9.51. The minimum atomic E-state index is -0.396. The Hall–Kier alpha value is -1.59. The van der Waals surface area contributed by atoms with Crippen molar-refractivity contribution in [1.29, 1.82) is 5.41 Å². The van der Waals surface area contributed by atoms with Crippen molar-refractivity contribution in [2.75, 3.05) is 19.8 Å². The molecular weight excluding hydrogens is 322 g/mol. The van der Waals surface area contributed by atoms with E-state index in [1.165, 1.54) is 0 Å². The molecule has 0 aromatic heterocycles. The van der Waals surface area contributed by atoms with Crippen LogP contribution in [0, 0.1) is 11.3 Å². The Kier molecular flexibility index (Phi) is 14.9. The molecule has 0 heterocycles. The van der Waals surface area contributed by atoms with Gasteiger partial charge < -0.3 is 14.2 Å². The van der Waals surface area contributed by atoms with Gasteiger partial charge in [0.1, 0.15) is 6.42 Å². The minimum Gasteiger partial charge on any atom is -0.481 e. The quantitative estimate of drug-likeness (QED) is 0.205. The van der Waals surface area contributed by atoms with Gasteiger partial charge in [0.15, 0.2) is 5.90 Å². The topological polar surface area (TPSA) is 85.7 Å². The third-order valence-corrected chi connectivity index (χ3v) is 3.86. The Balaban J connectivity index is 3.46. The van der Waals surface area contributed by atoms with Crippen LogP contribution in [-0.2, 0) is 23.8 Å². The average molecular weight is 357 g/mol. The van der Waals surface area contributed by atoms with E-state index in [0.29, 0.717) is 32.2 Å². The summed E-state index contributed by atoms with van der Waals surface area (Å²) in [6, 6.07) is 0. The van der Waals surface area contributed by atoms with Crippen LogP contribution in [0.2, 0.25) is 0 Å². The SMILES string of the molecule is CCOC(=N)CC(=O)OCCCC(C)CCCCCCC(=O)OCC. The molecule has 0 saturated carbocycles. The van der Waals surface area contributed by atoms with Crippen LogP contribution >= 0.6 is 0 Å². The van der Waals surface area contributed by atoms with Gasteiger partial charge in [-0.25, -0.2) is 0 Å². The number of esters is 2. The van der Waals surface area contributed by atoms with Crippen LogP contribution in [0.25, 0.3) is 0 Å². The molecule has 0 rings (SSSR count). The highest BCUT2D eigenvalue weighted by atomic mass is 16.5. The zero-order valence-corrected chi connectivity index (χ0v) is 16.1. The minimum absolute atomic E-state index is 0.0381. The second-order valence-electron chi connectivity index (χ2n) is 6.26. The van der Waals surface area contributed by atoms with Gasteiger partial charge in [-0.15, -0.1) is 0 Å². The van der Waals surface area contributed by atoms with Gasteiger partial charge in [0.25, 0.3) is 0 Å². The summed E-state index contributed by atoms with van der Waals surface area (Å²) in [6.07, 6.45) is 7.73. The lowest BCUT2D eigenvalue weighted by Gasteiger charge is -2.11. The van der Waals surface area contributed by atoms with E-state index in [2.05, 4.69) is 6.92 Å². The molecule has 6 heteroatoms. The zero-order valence-electron chi connectivity index (χ0n) is 16.1. The third-order valence-electron chi connectivity index (χ3n) is 3.86. The van der Waals surface area contributed by atoms with Gasteiger partial charge in [-0.05, 0) is 39.0 Å². The first-order chi connectivity index (χ1) is 12.0. The van der Waals surface area contributed by atoms with E-state index in [1.54, 1.807) is 6.92 Å². The Labute approximate surface area is 152 Å². The molecule has 1 atom stereocenters. The predicted octanol–water partition coefficient (Wildman–Crippen LogP) is 4.25. The molecule has 0 fully saturated rings. The lowest BCUT2D eigenvalue weighted by Crippen LogP contribution is -2.14. The maximum atomic E-state index is 11.5. The summed E-state index contributed by atoms with van der Waals surface area (Å²) in [5.74, 6) is 0.0730. The summed E-state index contributed by atoms with van der Waals surface area (Å²) in [5.41, 5.74) is 0. The maximum absolute atomic E-state index is 11.5. The molecule has 146 valence electrons. The number of ether oxygens (including phenoxy) is 3. The molecule has 0 spiro atoms. The molecule has 0 aliphatic heterocycles. The summed E-state index contributed by atoms with van der Waals surface area (Å²) < 4.78 is 14.9. The molecule has 0 amide bonds. The Morgan fingerprint density at radius 3 is 2.16 bits per heavy atom. The van der Waals surface area contributed by atoms with Crippen molar-refractivity contribution in [1.82, 2.24) is 0 Å². The molecule has 6 nitrogen and oxygen atoms in total. The van der Waals surface area contributed by atoms with Crippen molar-refractivity contribution < 1.29 is 23.8 Å². The Morgan fingerprint density at radius 2 is 1.48 bits per heavy atom. The number of carbonyl (C=O) groups excluding carboxylic acids is 2. The van der Waals surface area contributed by atoms with E-state index >= 15 is 0 Å². The molecule has 25 heavy (non-hydrogen) atoms. The van der Waals surface area contributed by atoms with Gasteiger partial charge in [-0.3, -0.25) is 15.0 Å². The lowest BCUT2D eigenvalue weighted by atomic mass is 9.98. The van der Waals surface area contributed by atoms with Crippen LogP contribution in [0.15, 0.2) is 0 Å². The summed E-state index contributed by atoms with van der Waals surface area (Å²) in [6.45, 7) is 7.08. The normalized spacial score (nSPS) is 11.6. The highest BCUT2D eigenvalue weighted by Gasteiger charge is 2.09. The van der Waals surface area contributed by atoms with Crippen molar-refractivity contribution in [3.63, 3.8) is 0 Å². The highest BCUT2D eigenvalue weighted by molar-refractivity contribution is 5.92. The molecular formula is C19H35NO5. The van der Waals surface area contributed by atoms with E-state index in [-0.39, 0.29) is 18.3 Å². The number of unbranched alkanes of at least 4 members (excludes halogenated alkanes) is 3. The van der Waals surface area contributed by atoms with E-state index < -0.39 is 5.97 Å². The van der Waals surface area contributed by atoms with Crippen LogP contribution in [0.4, 0.5) is 0 Å². The fraction of sp³-hybridized carbons (Fsp3) is 0.842. The van der Waals surface area contributed by atoms with Crippen molar-refractivity contribution in [2.24, 2.45) is 5.92 Å². The van der Waals surface area contributed by atoms with Gasteiger partial charge in [0.2, 0.25) is 0 Å². The number of carbonyl (C=O) groups is 2. The van der Waals surface area contributed by atoms with E-state index in [1.807, 2.05) is 6.92 Å². The Bertz CT molecular complexity index is 384. The van der Waals surface area contributed by atoms with Crippen LogP contribution in [0.1, 0.15) is 78.6 Å². The smallest absolute Gasteiger partial charge is 0.315 e. The summed E-state index contributed by atoms with van der Waals surface area (Å²) in [5, 5.41) is 7.39. The average Bonchev–Trinajstić information content (AvgIpc) is 2.55. The Morgan fingerprint density at radius 1 is 0.840 bits per heavy atom. The van der Waals surface area contributed by atoms with Crippen molar-refractivity contribution in [3.8, 4) is 0 Å². The van der Waals surface area contributed by atoms with Gasteiger partial charge in [-0.1, -0.05) is 32.6 Å². The monoisotopic (exact) mass is 357 g/mol. The molecule has 0 bridgehead atoms. The van der Waals surface area contributed by atoms with Crippen molar-refractivity contribution in [3.05, 3.63) is 0 Å². The largest absolute Gasteiger partial charge is 0.481 e. The second kappa shape index (κ2) is 15.9. The fourth-order valence-corrected chi connectivity index (χ4v) is 2.52. The number of hydrogen-bond donors (Lipinski definition) is 1. The lowest BCUT2D eigenvalue weighted by molar-refractivity contribution is -0.143.